The van der Waals surface area contributed by atoms with Gasteiger partial charge in [-0.2, -0.15) is 0 Å². The number of nitrogens with two attached hydrogens (primary N) is 1. The third-order valence-corrected chi connectivity index (χ3v) is 4.93. The summed E-state index contributed by atoms with van der Waals surface area (Å²) in [6.07, 6.45) is 4.11. The Hall–Kier alpha value is -1.10. The summed E-state index contributed by atoms with van der Waals surface area (Å²) in [5, 5.41) is 0. The first kappa shape index (κ1) is 17.3. The third-order valence-electron chi connectivity index (χ3n) is 4.93. The molecule has 2 N–H and O–H groups in total. The second kappa shape index (κ2) is 7.44. The van der Waals surface area contributed by atoms with E-state index < -0.39 is 0 Å². The van der Waals surface area contributed by atoms with Gasteiger partial charge in [-0.1, -0.05) is 43.2 Å². The molecule has 5 heteroatoms. The van der Waals surface area contributed by atoms with Gasteiger partial charge >= 0.3 is 0 Å². The molecule has 1 atom stereocenters. The number of hydrogen-bond donors (Lipinski definition) is 1. The Morgan fingerprint density at radius 1 is 1.27 bits per heavy atom. The summed E-state index contributed by atoms with van der Waals surface area (Å²) >= 11 is 0. The average molecular weight is 325 g/mol. The molecule has 1 heterocycles. The molecule has 1 aromatic carbocycles. The molecule has 1 saturated carbocycles. The molecule has 1 aromatic rings. The molecule has 1 amide bonds. The minimum atomic E-state index is -0.307. The highest BCUT2D eigenvalue weighted by molar-refractivity contribution is 5.85. The minimum Gasteiger partial charge on any atom is -0.370 e. The zero-order valence-electron chi connectivity index (χ0n) is 12.9. The van der Waals surface area contributed by atoms with Gasteiger partial charge in [0, 0.05) is 13.1 Å². The number of amides is 1. The number of carbonyl (C=O) groups is 1. The second-order valence-corrected chi connectivity index (χ2v) is 6.21. The fourth-order valence-electron chi connectivity index (χ4n) is 3.60. The van der Waals surface area contributed by atoms with E-state index in [0.29, 0.717) is 26.2 Å². The van der Waals surface area contributed by atoms with Gasteiger partial charge in [0.15, 0.2) is 0 Å². The van der Waals surface area contributed by atoms with Crippen LogP contribution in [0.3, 0.4) is 0 Å². The van der Waals surface area contributed by atoms with Crippen molar-refractivity contribution in [1.29, 1.82) is 0 Å². The molecule has 122 valence electrons. The van der Waals surface area contributed by atoms with Gasteiger partial charge in [0.05, 0.1) is 18.6 Å². The fraction of sp³-hybridized carbons (Fsp3) is 0.588. The number of halogens is 1. The summed E-state index contributed by atoms with van der Waals surface area (Å²) < 4.78 is 5.85. The number of carbonyl (C=O) groups excluding carboxylic acids is 1. The van der Waals surface area contributed by atoms with Gasteiger partial charge < -0.3 is 15.4 Å². The largest absolute Gasteiger partial charge is 0.370 e. The van der Waals surface area contributed by atoms with Crippen molar-refractivity contribution in [3.63, 3.8) is 0 Å². The number of ether oxygens (including phenoxy) is 1. The SMILES string of the molecule is Cl.NCC1(C(=O)N2CCOC(c3ccccc3)C2)CCCC1. The highest BCUT2D eigenvalue weighted by atomic mass is 35.5. The van der Waals surface area contributed by atoms with Crippen molar-refractivity contribution in [1.82, 2.24) is 4.90 Å². The zero-order chi connectivity index (χ0) is 14.7. The normalized spacial score (nSPS) is 23.9. The molecular formula is C17H25ClN2O2. The predicted molar refractivity (Wildman–Crippen MR) is 88.9 cm³/mol. The molecular weight excluding hydrogens is 300 g/mol. The lowest BCUT2D eigenvalue weighted by molar-refractivity contribution is -0.149. The van der Waals surface area contributed by atoms with E-state index in [1.807, 2.05) is 23.1 Å². The van der Waals surface area contributed by atoms with Crippen molar-refractivity contribution in [2.24, 2.45) is 11.1 Å². The highest BCUT2D eigenvalue weighted by Crippen LogP contribution is 2.39. The van der Waals surface area contributed by atoms with E-state index in [2.05, 4.69) is 12.1 Å². The van der Waals surface area contributed by atoms with Crippen LogP contribution < -0.4 is 5.73 Å². The molecule has 3 rings (SSSR count). The Morgan fingerprint density at radius 2 is 1.95 bits per heavy atom. The van der Waals surface area contributed by atoms with Gasteiger partial charge in [0.25, 0.3) is 0 Å². The van der Waals surface area contributed by atoms with Crippen LogP contribution in [0.4, 0.5) is 0 Å². The molecule has 0 aromatic heterocycles. The van der Waals surface area contributed by atoms with Crippen LogP contribution >= 0.6 is 12.4 Å². The maximum absolute atomic E-state index is 12.9. The summed E-state index contributed by atoms with van der Waals surface area (Å²) in [4.78, 5) is 14.9. The summed E-state index contributed by atoms with van der Waals surface area (Å²) in [6.45, 7) is 2.40. The van der Waals surface area contributed by atoms with Crippen LogP contribution in [-0.2, 0) is 9.53 Å². The van der Waals surface area contributed by atoms with Crippen molar-refractivity contribution in [3.05, 3.63) is 35.9 Å². The van der Waals surface area contributed by atoms with Gasteiger partial charge in [-0.25, -0.2) is 0 Å². The van der Waals surface area contributed by atoms with Crippen LogP contribution in [0.15, 0.2) is 30.3 Å². The minimum absolute atomic E-state index is 0. The van der Waals surface area contributed by atoms with Gasteiger partial charge in [-0.15, -0.1) is 12.4 Å². The van der Waals surface area contributed by atoms with E-state index in [-0.39, 0.29) is 29.8 Å². The molecule has 1 aliphatic heterocycles. The summed E-state index contributed by atoms with van der Waals surface area (Å²) in [5.41, 5.74) is 6.78. The second-order valence-electron chi connectivity index (χ2n) is 6.21. The van der Waals surface area contributed by atoms with Crippen molar-refractivity contribution < 1.29 is 9.53 Å². The van der Waals surface area contributed by atoms with Gasteiger partial charge in [-0.05, 0) is 18.4 Å². The maximum atomic E-state index is 12.9. The number of rotatable bonds is 3. The van der Waals surface area contributed by atoms with Gasteiger partial charge in [-0.3, -0.25) is 4.79 Å². The molecule has 0 bridgehead atoms. The Kier molecular flexibility index (Phi) is 5.84. The summed E-state index contributed by atoms with van der Waals surface area (Å²) in [7, 11) is 0. The average Bonchev–Trinajstić information content (AvgIpc) is 3.05. The number of benzene rings is 1. The van der Waals surface area contributed by atoms with Crippen LogP contribution in [0.5, 0.6) is 0 Å². The van der Waals surface area contributed by atoms with E-state index in [1.54, 1.807) is 0 Å². The number of hydrogen-bond acceptors (Lipinski definition) is 3. The Morgan fingerprint density at radius 3 is 2.59 bits per heavy atom. The zero-order valence-corrected chi connectivity index (χ0v) is 13.7. The van der Waals surface area contributed by atoms with E-state index in [0.717, 1.165) is 31.2 Å². The van der Waals surface area contributed by atoms with Crippen molar-refractivity contribution >= 4 is 18.3 Å². The van der Waals surface area contributed by atoms with Crippen LogP contribution in [0.2, 0.25) is 0 Å². The topological polar surface area (TPSA) is 55.6 Å². The van der Waals surface area contributed by atoms with E-state index in [1.165, 1.54) is 0 Å². The monoisotopic (exact) mass is 324 g/mol. The molecule has 4 nitrogen and oxygen atoms in total. The lowest BCUT2D eigenvalue weighted by Gasteiger charge is -2.38. The summed E-state index contributed by atoms with van der Waals surface area (Å²) in [6, 6.07) is 10.1. The lowest BCUT2D eigenvalue weighted by Crippen LogP contribution is -2.51. The smallest absolute Gasteiger partial charge is 0.230 e. The molecule has 0 radical (unpaired) electrons. The molecule has 1 aliphatic carbocycles. The lowest BCUT2D eigenvalue weighted by atomic mass is 9.84. The molecule has 2 aliphatic rings. The Balaban J connectivity index is 0.00000176. The Bertz CT molecular complexity index is 489. The van der Waals surface area contributed by atoms with Crippen molar-refractivity contribution in [3.8, 4) is 0 Å². The Labute approximate surface area is 138 Å². The van der Waals surface area contributed by atoms with Crippen LogP contribution in [0.1, 0.15) is 37.4 Å². The first-order valence-corrected chi connectivity index (χ1v) is 7.91. The van der Waals surface area contributed by atoms with Crippen LogP contribution in [0, 0.1) is 5.41 Å². The van der Waals surface area contributed by atoms with Gasteiger partial charge in [0.1, 0.15) is 6.10 Å². The predicted octanol–water partition coefficient (Wildman–Crippen LogP) is 2.53. The molecule has 1 saturated heterocycles. The molecule has 1 unspecified atom stereocenters. The number of morpholine rings is 1. The third kappa shape index (κ3) is 3.29. The van der Waals surface area contributed by atoms with Crippen molar-refractivity contribution in [2.75, 3.05) is 26.2 Å². The fourth-order valence-corrected chi connectivity index (χ4v) is 3.60. The first-order chi connectivity index (χ1) is 10.2. The highest BCUT2D eigenvalue weighted by Gasteiger charge is 2.43. The summed E-state index contributed by atoms with van der Waals surface area (Å²) in [5.74, 6) is 0.242. The first-order valence-electron chi connectivity index (χ1n) is 7.91. The van der Waals surface area contributed by atoms with Gasteiger partial charge in [0.2, 0.25) is 5.91 Å². The molecule has 2 fully saturated rings. The van der Waals surface area contributed by atoms with Crippen LogP contribution in [-0.4, -0.2) is 37.0 Å². The quantitative estimate of drug-likeness (QED) is 0.929. The van der Waals surface area contributed by atoms with Crippen LogP contribution in [0.25, 0.3) is 0 Å². The number of nitrogens with zero attached hydrogens (tertiary/aromatic N) is 1. The molecule has 0 spiro atoms. The van der Waals surface area contributed by atoms with E-state index >= 15 is 0 Å². The maximum Gasteiger partial charge on any atom is 0.230 e. The van der Waals surface area contributed by atoms with E-state index in [9.17, 15) is 4.79 Å². The standard InChI is InChI=1S/C17H24N2O2.ClH/c18-13-17(8-4-5-9-17)16(20)19-10-11-21-15(12-19)14-6-2-1-3-7-14;/h1-3,6-7,15H,4-5,8-13,18H2;1H. The molecule has 22 heavy (non-hydrogen) atoms. The van der Waals surface area contributed by atoms with Crippen molar-refractivity contribution in [2.45, 2.75) is 31.8 Å². The van der Waals surface area contributed by atoms with E-state index in [4.69, 9.17) is 10.5 Å².